The second-order valence-electron chi connectivity index (χ2n) is 9.41. The third-order valence-corrected chi connectivity index (χ3v) is 7.13. The maximum absolute atomic E-state index is 13.0. The first-order valence-electron chi connectivity index (χ1n) is 11.9. The highest BCUT2D eigenvalue weighted by Gasteiger charge is 2.39. The first-order valence-corrected chi connectivity index (χ1v) is 11.9. The molecule has 4 nitrogen and oxygen atoms in total. The Morgan fingerprint density at radius 3 is 1.61 bits per heavy atom. The molecule has 0 heterocycles. The van der Waals surface area contributed by atoms with Crippen molar-refractivity contribution in [2.24, 2.45) is 11.8 Å². The van der Waals surface area contributed by atoms with E-state index in [1.807, 2.05) is 60.7 Å². The highest BCUT2D eigenvalue weighted by Crippen LogP contribution is 2.38. The van der Waals surface area contributed by atoms with Crippen molar-refractivity contribution in [2.75, 3.05) is 0 Å². The second kappa shape index (κ2) is 10.1. The van der Waals surface area contributed by atoms with Gasteiger partial charge in [-0.05, 0) is 68.2 Å². The molecule has 2 saturated carbocycles. The number of benzene rings is 2. The zero-order valence-corrected chi connectivity index (χ0v) is 18.3. The average molecular weight is 419 g/mol. The van der Waals surface area contributed by atoms with Crippen LogP contribution in [-0.4, -0.2) is 17.5 Å². The molecule has 0 aliphatic heterocycles. The predicted molar refractivity (Wildman–Crippen MR) is 124 cm³/mol. The molecule has 4 heteroatoms. The summed E-state index contributed by atoms with van der Waals surface area (Å²) >= 11 is 0. The SMILES string of the molecule is O=C(NC1(NC(=O)c2ccccc2)CCC(CC2CCCCC2)CC1)c1ccccc1. The first-order chi connectivity index (χ1) is 15.1. The summed E-state index contributed by atoms with van der Waals surface area (Å²) in [6, 6.07) is 18.5. The molecule has 0 spiro atoms. The molecule has 0 atom stereocenters. The number of carbonyl (C=O) groups excluding carboxylic acids is 2. The lowest BCUT2D eigenvalue weighted by molar-refractivity contribution is 0.0691. The topological polar surface area (TPSA) is 58.2 Å². The zero-order valence-electron chi connectivity index (χ0n) is 18.3. The van der Waals surface area contributed by atoms with Crippen LogP contribution in [0.3, 0.4) is 0 Å². The molecule has 0 saturated heterocycles. The lowest BCUT2D eigenvalue weighted by Crippen LogP contribution is -2.62. The summed E-state index contributed by atoms with van der Waals surface area (Å²) in [5.41, 5.74) is 0.559. The van der Waals surface area contributed by atoms with Crippen LogP contribution in [0.1, 0.15) is 84.9 Å². The molecule has 2 N–H and O–H groups in total. The van der Waals surface area contributed by atoms with Gasteiger partial charge < -0.3 is 10.6 Å². The third-order valence-electron chi connectivity index (χ3n) is 7.13. The maximum atomic E-state index is 13.0. The minimum Gasteiger partial charge on any atom is -0.329 e. The molecule has 2 amide bonds. The summed E-state index contributed by atoms with van der Waals surface area (Å²) in [4.78, 5) is 25.9. The van der Waals surface area contributed by atoms with Crippen molar-refractivity contribution < 1.29 is 9.59 Å². The zero-order chi connectivity index (χ0) is 21.5. The summed E-state index contributed by atoms with van der Waals surface area (Å²) in [5, 5.41) is 6.41. The Morgan fingerprint density at radius 1 is 0.677 bits per heavy atom. The predicted octanol–water partition coefficient (Wildman–Crippen LogP) is 5.70. The van der Waals surface area contributed by atoms with E-state index in [1.165, 1.54) is 38.5 Å². The van der Waals surface area contributed by atoms with E-state index >= 15 is 0 Å². The fourth-order valence-electron chi connectivity index (χ4n) is 5.34. The summed E-state index contributed by atoms with van der Waals surface area (Å²) in [7, 11) is 0. The molecule has 31 heavy (non-hydrogen) atoms. The minimum absolute atomic E-state index is 0.125. The fraction of sp³-hybridized carbons (Fsp3) is 0.481. The number of hydrogen-bond acceptors (Lipinski definition) is 2. The van der Waals surface area contributed by atoms with E-state index in [0.717, 1.165) is 31.6 Å². The van der Waals surface area contributed by atoms with Crippen molar-refractivity contribution in [3.63, 3.8) is 0 Å². The van der Waals surface area contributed by atoms with Crippen LogP contribution in [-0.2, 0) is 0 Å². The highest BCUT2D eigenvalue weighted by molar-refractivity contribution is 5.97. The largest absolute Gasteiger partial charge is 0.329 e. The van der Waals surface area contributed by atoms with Crippen LogP contribution < -0.4 is 10.6 Å². The van der Waals surface area contributed by atoms with Gasteiger partial charge >= 0.3 is 0 Å². The van der Waals surface area contributed by atoms with Crippen molar-refractivity contribution in [1.82, 2.24) is 10.6 Å². The summed E-state index contributed by atoms with van der Waals surface area (Å²) in [6.45, 7) is 0. The molecule has 2 aromatic rings. The third kappa shape index (κ3) is 5.75. The molecule has 0 unspecified atom stereocenters. The van der Waals surface area contributed by atoms with Crippen molar-refractivity contribution in [3.8, 4) is 0 Å². The van der Waals surface area contributed by atoms with Crippen molar-refractivity contribution >= 4 is 11.8 Å². The molecule has 2 aromatic carbocycles. The van der Waals surface area contributed by atoms with Crippen LogP contribution in [0.15, 0.2) is 60.7 Å². The summed E-state index contributed by atoms with van der Waals surface area (Å²) in [5.74, 6) is 1.31. The van der Waals surface area contributed by atoms with Gasteiger partial charge in [-0.25, -0.2) is 0 Å². The monoisotopic (exact) mass is 418 g/mol. The molecule has 4 rings (SSSR count). The van der Waals surface area contributed by atoms with E-state index in [-0.39, 0.29) is 11.8 Å². The van der Waals surface area contributed by atoms with Gasteiger partial charge in [0.05, 0.1) is 0 Å². The Hall–Kier alpha value is -2.62. The van der Waals surface area contributed by atoms with Gasteiger partial charge in [0.25, 0.3) is 11.8 Å². The molecule has 2 fully saturated rings. The van der Waals surface area contributed by atoms with E-state index in [1.54, 1.807) is 0 Å². The quantitative estimate of drug-likeness (QED) is 0.591. The smallest absolute Gasteiger partial charge is 0.253 e. The molecular formula is C27H34N2O2. The standard InChI is InChI=1S/C27H34N2O2/c30-25(23-12-6-2-7-13-23)28-27(29-26(31)24-14-8-3-9-15-24)18-16-22(17-19-27)20-21-10-4-1-5-11-21/h2-3,6-9,12-15,21-22H,1,4-5,10-11,16-20H2,(H,28,30)(H,29,31). The normalized spacial score (nSPS) is 19.5. The molecule has 0 aromatic heterocycles. The Balaban J connectivity index is 1.45. The maximum Gasteiger partial charge on any atom is 0.253 e. The van der Waals surface area contributed by atoms with Crippen LogP contribution >= 0.6 is 0 Å². The van der Waals surface area contributed by atoms with E-state index in [0.29, 0.717) is 17.0 Å². The number of nitrogens with one attached hydrogen (secondary N) is 2. The molecule has 164 valence electrons. The van der Waals surface area contributed by atoms with Crippen molar-refractivity contribution in [1.29, 1.82) is 0 Å². The van der Waals surface area contributed by atoms with E-state index in [2.05, 4.69) is 10.6 Å². The Morgan fingerprint density at radius 2 is 1.13 bits per heavy atom. The van der Waals surface area contributed by atoms with Crippen LogP contribution in [0.5, 0.6) is 0 Å². The van der Waals surface area contributed by atoms with Gasteiger partial charge in [-0.15, -0.1) is 0 Å². The lowest BCUT2D eigenvalue weighted by Gasteiger charge is -2.42. The molecular weight excluding hydrogens is 384 g/mol. The van der Waals surface area contributed by atoms with Crippen LogP contribution in [0.25, 0.3) is 0 Å². The minimum atomic E-state index is -0.692. The second-order valence-corrected chi connectivity index (χ2v) is 9.41. The van der Waals surface area contributed by atoms with Gasteiger partial charge in [-0.2, -0.15) is 0 Å². The summed E-state index contributed by atoms with van der Waals surface area (Å²) < 4.78 is 0. The highest BCUT2D eigenvalue weighted by atomic mass is 16.2. The molecule has 0 radical (unpaired) electrons. The van der Waals surface area contributed by atoms with Crippen LogP contribution in [0.4, 0.5) is 0 Å². The Bertz CT molecular complexity index is 796. The number of rotatable bonds is 6. The fourth-order valence-corrected chi connectivity index (χ4v) is 5.34. The number of hydrogen-bond donors (Lipinski definition) is 2. The van der Waals surface area contributed by atoms with Gasteiger partial charge in [0, 0.05) is 11.1 Å². The van der Waals surface area contributed by atoms with Crippen molar-refractivity contribution in [2.45, 2.75) is 69.9 Å². The molecule has 2 aliphatic rings. The Kier molecular flexibility index (Phi) is 7.06. The van der Waals surface area contributed by atoms with Gasteiger partial charge in [0.1, 0.15) is 5.66 Å². The number of carbonyl (C=O) groups is 2. The van der Waals surface area contributed by atoms with Gasteiger partial charge in [-0.3, -0.25) is 9.59 Å². The number of amides is 2. The lowest BCUT2D eigenvalue weighted by atomic mass is 9.74. The van der Waals surface area contributed by atoms with Gasteiger partial charge in [0.15, 0.2) is 0 Å². The van der Waals surface area contributed by atoms with E-state index in [9.17, 15) is 9.59 Å². The average Bonchev–Trinajstić information content (AvgIpc) is 2.82. The van der Waals surface area contributed by atoms with E-state index < -0.39 is 5.66 Å². The van der Waals surface area contributed by atoms with E-state index in [4.69, 9.17) is 0 Å². The summed E-state index contributed by atoms with van der Waals surface area (Å²) in [6.07, 6.45) is 11.8. The van der Waals surface area contributed by atoms with Gasteiger partial charge in [0.2, 0.25) is 0 Å². The molecule has 2 aliphatic carbocycles. The first kappa shape index (κ1) is 21.6. The molecule has 0 bridgehead atoms. The van der Waals surface area contributed by atoms with Crippen molar-refractivity contribution in [3.05, 3.63) is 71.8 Å². The van der Waals surface area contributed by atoms with Crippen LogP contribution in [0.2, 0.25) is 0 Å². The Labute approximate surface area is 185 Å². The van der Waals surface area contributed by atoms with Gasteiger partial charge in [-0.1, -0.05) is 68.5 Å². The van der Waals surface area contributed by atoms with Crippen LogP contribution in [0, 0.1) is 11.8 Å².